The highest BCUT2D eigenvalue weighted by atomic mass is 32.2. The lowest BCUT2D eigenvalue weighted by Crippen LogP contribution is -2.27. The van der Waals surface area contributed by atoms with E-state index in [9.17, 15) is 8.42 Å². The van der Waals surface area contributed by atoms with Crippen LogP contribution in [0.4, 0.5) is 0 Å². The van der Waals surface area contributed by atoms with Crippen LogP contribution in [0, 0.1) is 13.8 Å². The van der Waals surface area contributed by atoms with Crippen molar-refractivity contribution >= 4 is 21.1 Å². The Morgan fingerprint density at radius 1 is 1.12 bits per heavy atom. The van der Waals surface area contributed by atoms with Crippen molar-refractivity contribution in [1.82, 2.24) is 14.7 Å². The Morgan fingerprint density at radius 2 is 1.92 bits per heavy atom. The molecule has 0 saturated heterocycles. The zero-order chi connectivity index (χ0) is 17.2. The lowest BCUT2D eigenvalue weighted by Gasteiger charge is -2.09. The van der Waals surface area contributed by atoms with E-state index in [0.717, 1.165) is 33.5 Å². The number of fused-ring (bicyclic) bond motifs is 1. The lowest BCUT2D eigenvalue weighted by molar-refractivity contribution is 0.580. The molecule has 0 aliphatic heterocycles. The van der Waals surface area contributed by atoms with Gasteiger partial charge in [-0.3, -0.25) is 0 Å². The van der Waals surface area contributed by atoms with Gasteiger partial charge < -0.3 is 4.98 Å². The van der Waals surface area contributed by atoms with E-state index in [-0.39, 0.29) is 5.75 Å². The van der Waals surface area contributed by atoms with Crippen LogP contribution < -0.4 is 4.72 Å². The zero-order valence-corrected chi connectivity index (χ0v) is 14.7. The molecule has 0 amide bonds. The Balaban J connectivity index is 1.61. The fraction of sp³-hybridized carbons (Fsp3) is 0.278. The number of aromatic nitrogens is 2. The van der Waals surface area contributed by atoms with Gasteiger partial charge in [0.2, 0.25) is 10.0 Å². The maximum atomic E-state index is 12.2. The summed E-state index contributed by atoms with van der Waals surface area (Å²) in [6.45, 7) is 4.22. The smallest absolute Gasteiger partial charge is 0.215 e. The minimum absolute atomic E-state index is 0.0124. The van der Waals surface area contributed by atoms with E-state index in [0.29, 0.717) is 13.0 Å². The third-order valence-electron chi connectivity index (χ3n) is 4.01. The van der Waals surface area contributed by atoms with E-state index in [1.54, 1.807) is 0 Å². The number of aryl methyl sites for hydroxylation is 2. The van der Waals surface area contributed by atoms with Crippen LogP contribution in [0.25, 0.3) is 11.0 Å². The van der Waals surface area contributed by atoms with Crippen molar-refractivity contribution in [2.75, 3.05) is 6.54 Å². The molecule has 0 bridgehead atoms. The Bertz CT molecular complexity index is 961. The second-order valence-electron chi connectivity index (χ2n) is 6.00. The topological polar surface area (TPSA) is 74.8 Å². The minimum atomic E-state index is -3.34. The van der Waals surface area contributed by atoms with Gasteiger partial charge >= 0.3 is 0 Å². The van der Waals surface area contributed by atoms with Crippen molar-refractivity contribution in [3.05, 3.63) is 65.0 Å². The van der Waals surface area contributed by atoms with Crippen molar-refractivity contribution in [1.29, 1.82) is 0 Å². The van der Waals surface area contributed by atoms with Gasteiger partial charge in [0.25, 0.3) is 0 Å². The molecule has 0 aliphatic carbocycles. The van der Waals surface area contributed by atoms with Crippen molar-refractivity contribution in [2.24, 2.45) is 0 Å². The second kappa shape index (κ2) is 6.75. The molecular weight excluding hydrogens is 322 g/mol. The highest BCUT2D eigenvalue weighted by Crippen LogP contribution is 2.14. The van der Waals surface area contributed by atoms with Crippen LogP contribution >= 0.6 is 0 Å². The number of nitrogens with zero attached hydrogens (tertiary/aromatic N) is 1. The molecule has 0 fully saturated rings. The Kier molecular flexibility index (Phi) is 4.69. The first-order chi connectivity index (χ1) is 11.4. The number of imidazole rings is 1. The standard InChI is InChI=1S/C18H21N3O2S/c1-13-5-3-4-6-16(13)12-24(22,23)19-10-9-15-7-8-17-18(11-15)21-14(2)20-17/h3-8,11,19H,9-10,12H2,1-2H3,(H,20,21). The molecule has 24 heavy (non-hydrogen) atoms. The number of aromatic amines is 1. The summed E-state index contributed by atoms with van der Waals surface area (Å²) in [4.78, 5) is 7.56. The lowest BCUT2D eigenvalue weighted by atomic mass is 10.1. The maximum absolute atomic E-state index is 12.2. The molecule has 126 valence electrons. The van der Waals surface area contributed by atoms with Gasteiger partial charge in [0.1, 0.15) is 5.82 Å². The van der Waals surface area contributed by atoms with E-state index in [2.05, 4.69) is 14.7 Å². The summed E-state index contributed by atoms with van der Waals surface area (Å²) in [5.41, 5.74) is 4.80. The molecule has 3 aromatic rings. The van der Waals surface area contributed by atoms with E-state index in [4.69, 9.17) is 0 Å². The van der Waals surface area contributed by atoms with Crippen LogP contribution in [-0.4, -0.2) is 24.9 Å². The molecule has 0 radical (unpaired) electrons. The number of hydrogen-bond acceptors (Lipinski definition) is 3. The number of nitrogens with one attached hydrogen (secondary N) is 2. The van der Waals surface area contributed by atoms with E-state index < -0.39 is 10.0 Å². The quantitative estimate of drug-likeness (QED) is 0.723. The average Bonchev–Trinajstić information content (AvgIpc) is 2.88. The molecule has 6 heteroatoms. The number of H-pyrrole nitrogens is 1. The highest BCUT2D eigenvalue weighted by Gasteiger charge is 2.12. The first kappa shape index (κ1) is 16.7. The van der Waals surface area contributed by atoms with Crippen molar-refractivity contribution in [2.45, 2.75) is 26.0 Å². The summed E-state index contributed by atoms with van der Waals surface area (Å²) in [5, 5.41) is 0. The van der Waals surface area contributed by atoms with Crippen LogP contribution in [0.15, 0.2) is 42.5 Å². The average molecular weight is 343 g/mol. The number of rotatable bonds is 6. The van der Waals surface area contributed by atoms with Crippen LogP contribution in [0.1, 0.15) is 22.5 Å². The van der Waals surface area contributed by atoms with Crippen LogP contribution in [0.2, 0.25) is 0 Å². The summed E-state index contributed by atoms with van der Waals surface area (Å²) in [6.07, 6.45) is 0.640. The SMILES string of the molecule is Cc1nc2ccc(CCNS(=O)(=O)Cc3ccccc3C)cc2[nH]1. The molecule has 5 nitrogen and oxygen atoms in total. The van der Waals surface area contributed by atoms with Crippen molar-refractivity contribution in [3.8, 4) is 0 Å². The molecule has 1 aromatic heterocycles. The third kappa shape index (κ3) is 4.01. The maximum Gasteiger partial charge on any atom is 0.215 e. The van der Waals surface area contributed by atoms with E-state index >= 15 is 0 Å². The summed E-state index contributed by atoms with van der Waals surface area (Å²) in [5.74, 6) is 0.888. The van der Waals surface area contributed by atoms with Gasteiger partial charge in [-0.05, 0) is 49.1 Å². The van der Waals surface area contributed by atoms with Crippen molar-refractivity contribution in [3.63, 3.8) is 0 Å². The van der Waals surface area contributed by atoms with Gasteiger partial charge in [0.15, 0.2) is 0 Å². The monoisotopic (exact) mass is 343 g/mol. The van der Waals surface area contributed by atoms with Gasteiger partial charge in [-0.15, -0.1) is 0 Å². The first-order valence-corrected chi connectivity index (χ1v) is 9.55. The Morgan fingerprint density at radius 3 is 2.71 bits per heavy atom. The fourth-order valence-corrected chi connectivity index (χ4v) is 3.97. The van der Waals surface area contributed by atoms with Crippen LogP contribution in [-0.2, 0) is 22.2 Å². The molecule has 2 N–H and O–H groups in total. The van der Waals surface area contributed by atoms with E-state index in [1.807, 2.05) is 56.3 Å². The molecule has 3 rings (SSSR count). The Hall–Kier alpha value is -2.18. The molecule has 0 atom stereocenters. The molecule has 0 saturated carbocycles. The number of hydrogen-bond donors (Lipinski definition) is 2. The van der Waals surface area contributed by atoms with Gasteiger partial charge in [-0.1, -0.05) is 30.3 Å². The molecule has 2 aromatic carbocycles. The molecule has 0 spiro atoms. The summed E-state index contributed by atoms with van der Waals surface area (Å²) < 4.78 is 27.1. The summed E-state index contributed by atoms with van der Waals surface area (Å²) in [7, 11) is -3.34. The second-order valence-corrected chi connectivity index (χ2v) is 7.81. The largest absolute Gasteiger partial charge is 0.342 e. The summed E-state index contributed by atoms with van der Waals surface area (Å²) in [6, 6.07) is 13.5. The first-order valence-electron chi connectivity index (χ1n) is 7.90. The zero-order valence-electron chi connectivity index (χ0n) is 13.8. The summed E-state index contributed by atoms with van der Waals surface area (Å²) >= 11 is 0. The number of sulfonamides is 1. The fourth-order valence-electron chi connectivity index (χ4n) is 2.72. The van der Waals surface area contributed by atoms with Gasteiger partial charge in [-0.25, -0.2) is 18.1 Å². The molecular formula is C18H21N3O2S. The highest BCUT2D eigenvalue weighted by molar-refractivity contribution is 7.88. The van der Waals surface area contributed by atoms with Crippen molar-refractivity contribution < 1.29 is 8.42 Å². The predicted octanol–water partition coefficient (Wildman–Crippen LogP) is 2.84. The number of benzene rings is 2. The normalized spacial score (nSPS) is 11.9. The minimum Gasteiger partial charge on any atom is -0.342 e. The predicted molar refractivity (Wildman–Crippen MR) is 96.3 cm³/mol. The van der Waals surface area contributed by atoms with Crippen LogP contribution in [0.3, 0.4) is 0 Å². The molecule has 0 aliphatic rings. The van der Waals surface area contributed by atoms with Gasteiger partial charge in [0.05, 0.1) is 16.8 Å². The van der Waals surface area contributed by atoms with Gasteiger partial charge in [0, 0.05) is 6.54 Å². The molecule has 1 heterocycles. The Labute approximate surface area is 142 Å². The van der Waals surface area contributed by atoms with E-state index in [1.165, 1.54) is 0 Å². The third-order valence-corrected chi connectivity index (χ3v) is 5.34. The molecule has 0 unspecified atom stereocenters. The van der Waals surface area contributed by atoms with Gasteiger partial charge in [-0.2, -0.15) is 0 Å². The van der Waals surface area contributed by atoms with Crippen LogP contribution in [0.5, 0.6) is 0 Å².